The number of amides is 3. The number of rotatable bonds is 11. The number of ether oxygens (including phenoxy) is 1. The van der Waals surface area contributed by atoms with Gasteiger partial charge >= 0.3 is 6.01 Å². The first-order valence-electron chi connectivity index (χ1n) is 27.4. The van der Waals surface area contributed by atoms with Crippen LogP contribution in [0.1, 0.15) is 119 Å². The first-order valence-corrected chi connectivity index (χ1v) is 27.4. The van der Waals surface area contributed by atoms with Gasteiger partial charge in [-0.15, -0.1) is 0 Å². The van der Waals surface area contributed by atoms with Gasteiger partial charge in [-0.05, 0) is 168 Å². The summed E-state index contributed by atoms with van der Waals surface area (Å²) in [6.45, 7) is 14.6. The molecule has 2 atom stereocenters. The number of aliphatic hydroxyl groups is 1. The second kappa shape index (κ2) is 18.9. The van der Waals surface area contributed by atoms with Crippen molar-refractivity contribution < 1.29 is 38.1 Å². The van der Waals surface area contributed by atoms with Crippen molar-refractivity contribution in [3.05, 3.63) is 77.0 Å². The van der Waals surface area contributed by atoms with Crippen LogP contribution in [0, 0.1) is 22.5 Å². The van der Waals surface area contributed by atoms with Crippen molar-refractivity contribution in [1.82, 2.24) is 35.0 Å². The molecule has 3 amide bonds. The number of carbonyl (C=O) groups is 3. The Hall–Kier alpha value is -6.04. The number of hydrogen-bond donors (Lipinski definition) is 3. The van der Waals surface area contributed by atoms with Crippen LogP contribution in [0.3, 0.4) is 0 Å². The molecule has 5 aromatic rings. The summed E-state index contributed by atoms with van der Waals surface area (Å²) in [4.78, 5) is 63.2. The summed E-state index contributed by atoms with van der Waals surface area (Å²) in [5.74, 6) is -1.57. The molecule has 6 fully saturated rings. The molecule has 0 bridgehead atoms. The number of carbonyl (C=O) groups excluding carboxylic acids is 3. The average Bonchev–Trinajstić information content (AvgIpc) is 4.10. The van der Waals surface area contributed by atoms with Crippen molar-refractivity contribution in [2.75, 3.05) is 75.3 Å². The van der Waals surface area contributed by atoms with Crippen LogP contribution in [0.4, 0.5) is 20.3 Å². The van der Waals surface area contributed by atoms with Gasteiger partial charge in [-0.3, -0.25) is 29.6 Å². The first kappa shape index (κ1) is 49.8. The highest BCUT2D eigenvalue weighted by Gasteiger charge is 2.49. The first-order chi connectivity index (χ1) is 36.0. The summed E-state index contributed by atoms with van der Waals surface area (Å²) in [7, 11) is 0. The van der Waals surface area contributed by atoms with Gasteiger partial charge in [0.15, 0.2) is 5.82 Å². The monoisotopic (exact) mass is 1030 g/mol. The van der Waals surface area contributed by atoms with E-state index in [1.165, 1.54) is 50.7 Å². The third-order valence-corrected chi connectivity index (χ3v) is 18.6. The van der Waals surface area contributed by atoms with Gasteiger partial charge in [-0.2, -0.15) is 9.97 Å². The second-order valence-electron chi connectivity index (χ2n) is 23.8. The van der Waals surface area contributed by atoms with Crippen LogP contribution < -0.4 is 19.9 Å². The maximum atomic E-state index is 17.2. The van der Waals surface area contributed by atoms with Gasteiger partial charge in [-0.25, -0.2) is 8.78 Å². The molecule has 1 spiro atoms. The van der Waals surface area contributed by atoms with E-state index in [1.54, 1.807) is 30.2 Å². The SMILES string of the molecule is CCc1c(F)ccc2cc(O)cc(-c3ncc4c(N5CCC[C@@](C)(O)C5)nc(OCC5(CN6CCC7(CC6)CCC(C)(N6CCN(c8ccc9c(c8)CN(C8CCC(=O)NC8=O)C9=O)CC6)CC7)CC5)nc4c3F)c12. The molecule has 4 saturated heterocycles. The molecule has 3 N–H and O–H groups in total. The molecule has 15 nitrogen and oxygen atoms in total. The lowest BCUT2D eigenvalue weighted by Gasteiger charge is -2.54. The number of piperazine rings is 1. The van der Waals surface area contributed by atoms with Crippen LogP contribution in [-0.2, 0) is 22.6 Å². The number of fused-ring (bicyclic) bond motifs is 3. The molecule has 1 unspecified atom stereocenters. The molecule has 7 aliphatic rings. The van der Waals surface area contributed by atoms with Crippen molar-refractivity contribution in [3.8, 4) is 23.0 Å². The zero-order valence-electron chi connectivity index (χ0n) is 43.5. The molecule has 3 aromatic carbocycles. The number of hydrogen-bond acceptors (Lipinski definition) is 13. The van der Waals surface area contributed by atoms with Gasteiger partial charge in [0.1, 0.15) is 34.6 Å². The number of imide groups is 1. The smallest absolute Gasteiger partial charge is 0.319 e. The van der Waals surface area contributed by atoms with E-state index in [-0.39, 0.29) is 63.6 Å². The Balaban J connectivity index is 0.677. The van der Waals surface area contributed by atoms with Crippen LogP contribution >= 0.6 is 0 Å². The second-order valence-corrected chi connectivity index (χ2v) is 23.8. The van der Waals surface area contributed by atoms with Gasteiger partial charge in [0.25, 0.3) is 5.91 Å². The summed E-state index contributed by atoms with van der Waals surface area (Å²) in [5.41, 5.74) is 2.85. The highest BCUT2D eigenvalue weighted by molar-refractivity contribution is 6.06. The summed E-state index contributed by atoms with van der Waals surface area (Å²) < 4.78 is 38.9. The minimum atomic E-state index is -0.965. The Morgan fingerprint density at radius 3 is 2.33 bits per heavy atom. The van der Waals surface area contributed by atoms with Gasteiger partial charge < -0.3 is 34.5 Å². The van der Waals surface area contributed by atoms with Crippen molar-refractivity contribution in [1.29, 1.82) is 0 Å². The van der Waals surface area contributed by atoms with Crippen molar-refractivity contribution >= 4 is 50.9 Å². The van der Waals surface area contributed by atoms with Crippen LogP contribution in [-0.4, -0.2) is 140 Å². The number of aryl methyl sites for hydroxylation is 1. The summed E-state index contributed by atoms with van der Waals surface area (Å²) in [6, 6.07) is 11.4. The molecule has 12 rings (SSSR count). The maximum Gasteiger partial charge on any atom is 0.319 e. The fourth-order valence-electron chi connectivity index (χ4n) is 13.7. The Kier molecular flexibility index (Phi) is 12.6. The van der Waals surface area contributed by atoms with E-state index in [2.05, 4.69) is 38.0 Å². The molecule has 75 heavy (non-hydrogen) atoms. The molecule has 2 aromatic heterocycles. The number of piperidine rings is 3. The molecule has 2 saturated carbocycles. The van der Waals surface area contributed by atoms with E-state index >= 15 is 8.78 Å². The van der Waals surface area contributed by atoms with Gasteiger partial charge in [-0.1, -0.05) is 13.0 Å². The molecule has 17 heteroatoms. The number of anilines is 2. The van der Waals surface area contributed by atoms with Crippen LogP contribution in [0.5, 0.6) is 11.8 Å². The van der Waals surface area contributed by atoms with Crippen LogP contribution in [0.25, 0.3) is 32.9 Å². The third-order valence-electron chi connectivity index (χ3n) is 18.6. The number of phenols is 1. The third kappa shape index (κ3) is 9.34. The Morgan fingerprint density at radius 2 is 1.61 bits per heavy atom. The minimum absolute atomic E-state index is 0.0191. The summed E-state index contributed by atoms with van der Waals surface area (Å²) >= 11 is 0. The molecule has 0 radical (unpaired) electrons. The van der Waals surface area contributed by atoms with E-state index < -0.39 is 23.3 Å². The Bertz CT molecular complexity index is 3100. The number of nitrogens with one attached hydrogen (secondary N) is 1. The minimum Gasteiger partial charge on any atom is -0.508 e. The topological polar surface area (TPSA) is 168 Å². The molecular formula is C58H69F2N9O6. The largest absolute Gasteiger partial charge is 0.508 e. The molecule has 5 aliphatic heterocycles. The number of aromatic hydroxyl groups is 1. The quantitative estimate of drug-likeness (QED) is 0.109. The van der Waals surface area contributed by atoms with Crippen molar-refractivity contribution in [2.45, 2.75) is 128 Å². The number of likely N-dealkylation sites (tertiary alicyclic amines) is 1. The molecule has 2 aliphatic carbocycles. The molecule has 7 heterocycles. The fraction of sp³-hybridized carbons (Fsp3) is 0.552. The van der Waals surface area contributed by atoms with Gasteiger partial charge in [0.05, 0.1) is 17.6 Å². The summed E-state index contributed by atoms with van der Waals surface area (Å²) in [5, 5.41) is 25.8. The number of pyridine rings is 1. The summed E-state index contributed by atoms with van der Waals surface area (Å²) in [6.07, 6.45) is 13.1. The highest BCUT2D eigenvalue weighted by Crippen LogP contribution is 2.52. The number of aromatic nitrogens is 3. The lowest BCUT2D eigenvalue weighted by molar-refractivity contribution is -0.136. The van der Waals surface area contributed by atoms with Gasteiger partial charge in [0, 0.05) is 92.7 Å². The standard InChI is InChI=1S/C58H69F2N9O6/c1-4-40-44(59)9-6-36-29-39(70)30-42(47(36)40)49-48(60)50-43(31-61-49)51(67-21-5-12-56(3,74)33-67)64-54(63-50)75-35-58(17-18-58)34-65-22-19-57(20-23-65)15-13-55(2,14-16-57)68-26-24-66(25-27-68)38-7-8-41-37(28-38)32-69(53(41)73)45-10-11-46(71)62-52(45)72/h6-9,28-31,45,70,74H,4-5,10-27,32-35H2,1-3H3,(H,62,71,72)/t45?,56-/m1/s1. The van der Waals surface area contributed by atoms with Gasteiger partial charge in [0.2, 0.25) is 11.8 Å². The average molecular weight is 1030 g/mol. The van der Waals surface area contributed by atoms with E-state index in [4.69, 9.17) is 14.7 Å². The predicted octanol–water partition coefficient (Wildman–Crippen LogP) is 7.90. The Labute approximate surface area is 436 Å². The number of phenolic OH excluding ortho intramolecular Hbond substituents is 1. The fourth-order valence-corrected chi connectivity index (χ4v) is 13.7. The van der Waals surface area contributed by atoms with Crippen molar-refractivity contribution in [2.24, 2.45) is 10.8 Å². The zero-order valence-corrected chi connectivity index (χ0v) is 43.5. The normalized spacial score (nSPS) is 24.8. The highest BCUT2D eigenvalue weighted by atomic mass is 19.1. The Morgan fingerprint density at radius 1 is 0.840 bits per heavy atom. The number of benzene rings is 3. The van der Waals surface area contributed by atoms with E-state index in [0.29, 0.717) is 84.0 Å². The number of β-amino-alcohol motifs (C(OH)–C–C–N with tert-alkyl or cyclic N) is 1. The zero-order chi connectivity index (χ0) is 52.0. The predicted molar refractivity (Wildman–Crippen MR) is 282 cm³/mol. The van der Waals surface area contributed by atoms with Crippen molar-refractivity contribution in [3.63, 3.8) is 0 Å². The van der Waals surface area contributed by atoms with Crippen LogP contribution in [0.15, 0.2) is 48.7 Å². The number of nitrogens with zero attached hydrogens (tertiary/aromatic N) is 8. The van der Waals surface area contributed by atoms with E-state index in [1.807, 2.05) is 24.0 Å². The van der Waals surface area contributed by atoms with E-state index in [0.717, 1.165) is 76.3 Å². The number of halogens is 2. The molecular weight excluding hydrogens is 957 g/mol. The lowest BCUT2D eigenvalue weighted by Crippen LogP contribution is -2.58. The van der Waals surface area contributed by atoms with E-state index in [9.17, 15) is 24.6 Å². The van der Waals surface area contributed by atoms with Crippen LogP contribution in [0.2, 0.25) is 0 Å². The lowest BCUT2D eigenvalue weighted by atomic mass is 9.63. The maximum absolute atomic E-state index is 17.2. The molecule has 396 valence electrons.